The minimum absolute atomic E-state index is 0.0830. The van der Waals surface area contributed by atoms with Gasteiger partial charge in [0.1, 0.15) is 12.7 Å². The van der Waals surface area contributed by atoms with Crippen molar-refractivity contribution in [3.63, 3.8) is 0 Å². The highest BCUT2D eigenvalue weighted by atomic mass is 19.1. The Morgan fingerprint density at radius 3 is 2.78 bits per heavy atom. The van der Waals surface area contributed by atoms with Crippen molar-refractivity contribution >= 4 is 0 Å². The Kier molecular flexibility index (Phi) is 4.94. The number of halogens is 1. The first-order chi connectivity index (χ1) is 11.1. The number of likely N-dealkylation sites (N-methyl/N-ethyl adjacent to an activating group) is 1. The third-order valence-electron chi connectivity index (χ3n) is 4.40. The lowest BCUT2D eigenvalue weighted by Gasteiger charge is -2.27. The van der Waals surface area contributed by atoms with Crippen molar-refractivity contribution in [3.05, 3.63) is 65.5 Å². The normalized spacial score (nSPS) is 18.0. The van der Waals surface area contributed by atoms with Crippen molar-refractivity contribution in [2.24, 2.45) is 0 Å². The quantitative estimate of drug-likeness (QED) is 0.888. The lowest BCUT2D eigenvalue weighted by Crippen LogP contribution is -2.35. The number of hydrogen-bond acceptors (Lipinski definition) is 3. The second-order valence-electron chi connectivity index (χ2n) is 6.09. The van der Waals surface area contributed by atoms with Gasteiger partial charge < -0.3 is 9.84 Å². The fourth-order valence-electron chi connectivity index (χ4n) is 3.25. The molecule has 1 aliphatic rings. The van der Waals surface area contributed by atoms with Gasteiger partial charge in [-0.25, -0.2) is 4.39 Å². The zero-order valence-electron chi connectivity index (χ0n) is 13.3. The lowest BCUT2D eigenvalue weighted by atomic mass is 10.1. The molecule has 0 aromatic heterocycles. The van der Waals surface area contributed by atoms with Crippen LogP contribution < -0.4 is 4.74 Å². The van der Waals surface area contributed by atoms with E-state index < -0.39 is 11.9 Å². The molecule has 0 amide bonds. The summed E-state index contributed by atoms with van der Waals surface area (Å²) in [5.74, 6) is -0.224. The second-order valence-corrected chi connectivity index (χ2v) is 6.09. The van der Waals surface area contributed by atoms with Gasteiger partial charge >= 0.3 is 0 Å². The lowest BCUT2D eigenvalue weighted by molar-refractivity contribution is 0.0616. The summed E-state index contributed by atoms with van der Waals surface area (Å²) in [6.07, 6.45) is 1.48. The molecule has 2 atom stereocenters. The van der Waals surface area contributed by atoms with Gasteiger partial charge in [0, 0.05) is 12.6 Å². The first-order valence-electron chi connectivity index (χ1n) is 7.98. The molecule has 2 aromatic carbocycles. The second kappa shape index (κ2) is 7.11. The first-order valence-corrected chi connectivity index (χ1v) is 7.98. The van der Waals surface area contributed by atoms with E-state index in [0.29, 0.717) is 12.6 Å². The number of para-hydroxylation sites is 1. The van der Waals surface area contributed by atoms with Crippen molar-refractivity contribution < 1.29 is 14.2 Å². The maximum absolute atomic E-state index is 13.5. The number of fused-ring (bicyclic) bond motifs is 1. The largest absolute Gasteiger partial charge is 0.488 e. The summed E-state index contributed by atoms with van der Waals surface area (Å²) >= 11 is 0. The maximum Gasteiger partial charge on any atom is 0.165 e. The van der Waals surface area contributed by atoms with Crippen molar-refractivity contribution in [2.75, 3.05) is 20.2 Å². The van der Waals surface area contributed by atoms with E-state index in [9.17, 15) is 9.50 Å². The van der Waals surface area contributed by atoms with E-state index in [1.54, 1.807) is 18.2 Å². The summed E-state index contributed by atoms with van der Waals surface area (Å²) in [6, 6.07) is 15.0. The van der Waals surface area contributed by atoms with Crippen LogP contribution in [-0.2, 0) is 6.42 Å². The molecular weight excluding hydrogens is 293 g/mol. The van der Waals surface area contributed by atoms with Gasteiger partial charge in [-0.2, -0.15) is 0 Å². The summed E-state index contributed by atoms with van der Waals surface area (Å²) in [5, 5.41) is 10.2. The average Bonchev–Trinajstić information content (AvgIpc) is 2.98. The molecule has 0 bridgehead atoms. The molecule has 1 aliphatic carbocycles. The Labute approximate surface area is 136 Å². The number of aliphatic hydroxyl groups is 1. The summed E-state index contributed by atoms with van der Waals surface area (Å²) in [4.78, 5) is 2.15. The van der Waals surface area contributed by atoms with Crippen molar-refractivity contribution in [2.45, 2.75) is 25.0 Å². The van der Waals surface area contributed by atoms with Crippen LogP contribution in [0, 0.1) is 5.82 Å². The van der Waals surface area contributed by atoms with E-state index in [1.807, 2.05) is 7.05 Å². The molecule has 2 aromatic rings. The molecule has 122 valence electrons. The standard InChI is InChI=1S/C19H22FNO2/c1-21(18-11-10-14-6-2-3-7-16(14)18)12-15(22)13-23-19-9-5-4-8-17(19)20/h2-9,15,18,22H,10-13H2,1H3. The maximum atomic E-state index is 13.5. The summed E-state index contributed by atoms with van der Waals surface area (Å²) < 4.78 is 18.9. The fourth-order valence-corrected chi connectivity index (χ4v) is 3.25. The van der Waals surface area contributed by atoms with E-state index in [1.165, 1.54) is 17.2 Å². The Balaban J connectivity index is 1.54. The number of rotatable bonds is 6. The van der Waals surface area contributed by atoms with Gasteiger partial charge in [0.25, 0.3) is 0 Å². The molecule has 1 N–H and O–H groups in total. The van der Waals surface area contributed by atoms with Gasteiger partial charge in [0.15, 0.2) is 11.6 Å². The molecule has 0 saturated heterocycles. The van der Waals surface area contributed by atoms with Crippen LogP contribution in [0.25, 0.3) is 0 Å². The third kappa shape index (κ3) is 3.71. The summed E-state index contributed by atoms with van der Waals surface area (Å²) in [6.45, 7) is 0.576. The Bertz CT molecular complexity index is 661. The number of nitrogens with zero attached hydrogens (tertiary/aromatic N) is 1. The van der Waals surface area contributed by atoms with Crippen molar-refractivity contribution in [3.8, 4) is 5.75 Å². The van der Waals surface area contributed by atoms with Crippen LogP contribution in [0.1, 0.15) is 23.6 Å². The Morgan fingerprint density at radius 1 is 1.22 bits per heavy atom. The number of hydrogen-bond donors (Lipinski definition) is 1. The molecule has 0 fully saturated rings. The molecule has 23 heavy (non-hydrogen) atoms. The van der Waals surface area contributed by atoms with E-state index >= 15 is 0 Å². The summed E-state index contributed by atoms with van der Waals surface area (Å²) in [7, 11) is 2.01. The van der Waals surface area contributed by atoms with Crippen molar-refractivity contribution in [1.29, 1.82) is 0 Å². The minimum atomic E-state index is -0.660. The van der Waals surface area contributed by atoms with E-state index in [4.69, 9.17) is 4.74 Å². The fraction of sp³-hybridized carbons (Fsp3) is 0.368. The van der Waals surface area contributed by atoms with Crippen LogP contribution in [0.5, 0.6) is 5.75 Å². The molecule has 0 saturated carbocycles. The van der Waals surface area contributed by atoms with E-state index in [0.717, 1.165) is 12.8 Å². The smallest absolute Gasteiger partial charge is 0.165 e. The van der Waals surface area contributed by atoms with Gasteiger partial charge in [-0.05, 0) is 43.1 Å². The molecule has 3 nitrogen and oxygen atoms in total. The zero-order valence-corrected chi connectivity index (χ0v) is 13.3. The molecule has 2 unspecified atom stereocenters. The molecule has 4 heteroatoms. The Hall–Kier alpha value is -1.91. The number of aliphatic hydroxyl groups excluding tert-OH is 1. The third-order valence-corrected chi connectivity index (χ3v) is 4.40. The molecule has 0 heterocycles. The van der Waals surface area contributed by atoms with Gasteiger partial charge in [-0.1, -0.05) is 36.4 Å². The molecule has 3 rings (SSSR count). The van der Waals surface area contributed by atoms with E-state index in [2.05, 4.69) is 29.2 Å². The number of ether oxygens (including phenoxy) is 1. The predicted molar refractivity (Wildman–Crippen MR) is 88.0 cm³/mol. The van der Waals surface area contributed by atoms with Crippen LogP contribution in [0.3, 0.4) is 0 Å². The monoisotopic (exact) mass is 315 g/mol. The molecule has 0 aliphatic heterocycles. The SMILES string of the molecule is CN(CC(O)COc1ccccc1F)C1CCc2ccccc21. The molecular formula is C19H22FNO2. The Morgan fingerprint density at radius 2 is 1.96 bits per heavy atom. The van der Waals surface area contributed by atoms with Gasteiger partial charge in [-0.3, -0.25) is 4.90 Å². The number of aryl methyl sites for hydroxylation is 1. The van der Waals surface area contributed by atoms with Crippen LogP contribution in [0.4, 0.5) is 4.39 Å². The van der Waals surface area contributed by atoms with E-state index in [-0.39, 0.29) is 12.4 Å². The minimum Gasteiger partial charge on any atom is -0.488 e. The van der Waals surface area contributed by atoms with Crippen LogP contribution in [-0.4, -0.2) is 36.3 Å². The van der Waals surface area contributed by atoms with Crippen molar-refractivity contribution in [1.82, 2.24) is 4.90 Å². The summed E-state index contributed by atoms with van der Waals surface area (Å²) in [5.41, 5.74) is 2.73. The average molecular weight is 315 g/mol. The predicted octanol–water partition coefficient (Wildman–Crippen LogP) is 3.18. The highest BCUT2D eigenvalue weighted by Crippen LogP contribution is 2.34. The highest BCUT2D eigenvalue weighted by molar-refractivity contribution is 5.34. The van der Waals surface area contributed by atoms with Crippen LogP contribution >= 0.6 is 0 Å². The zero-order chi connectivity index (χ0) is 16.2. The van der Waals surface area contributed by atoms with Crippen LogP contribution in [0.2, 0.25) is 0 Å². The van der Waals surface area contributed by atoms with Gasteiger partial charge in [0.05, 0.1) is 0 Å². The molecule has 0 radical (unpaired) electrons. The van der Waals surface area contributed by atoms with Gasteiger partial charge in [0.2, 0.25) is 0 Å². The van der Waals surface area contributed by atoms with Crippen LogP contribution in [0.15, 0.2) is 48.5 Å². The number of benzene rings is 2. The highest BCUT2D eigenvalue weighted by Gasteiger charge is 2.26. The first kappa shape index (κ1) is 16.0. The van der Waals surface area contributed by atoms with Gasteiger partial charge in [-0.15, -0.1) is 0 Å². The topological polar surface area (TPSA) is 32.7 Å². The molecule has 0 spiro atoms.